The Morgan fingerprint density at radius 2 is 0.793 bits per heavy atom. The molecule has 1 aromatic heterocycles. The van der Waals surface area contributed by atoms with E-state index in [0.29, 0.717) is 50.1 Å². The number of rotatable bonds is 62. The maximum atomic E-state index is 15.7. The number of hydrogen-bond acceptors (Lipinski definition) is 32. The Morgan fingerprint density at radius 3 is 1.25 bits per heavy atom. The fraction of sp³-hybridized carbons (Fsp3) is 0.455. The minimum Gasteiger partial charge on any atom is -0.463 e. The molecule has 150 heavy (non-hydrogen) atoms. The SMILES string of the molecule is CC(=O)NCSC[C@H](NC(=O)[C@H](CO)NC(=O)[C@@H](NC(=O)[C@H](Cc1ccccc1)NC(=O)[C@@H](NC(=O)[C@H](CCCCNC(=O)OCCS(C)(=O)=O)NC(=O)[C@H](Cc1c[nH]c2ccccc12)NC(=O)[C@H](Cc1ccccc1)NC(=O)[C@H](Cc1ccccc1)NC(=O)[C@H](CC(N)=O)NC(=O)[C@@H](CCCCNC(=O)OCCS(C)(=O)=O)NC(=O)OC(C)(C)C)[C@@H](C)O)[C@@H](C)O)C(=O)OCCS(=O)(=O)Cc1ccc(N=Nc2ccccc2)cc1. The number of carbonyl (C=O) groups is 16. The van der Waals surface area contributed by atoms with Crippen molar-refractivity contribution >= 4 is 159 Å². The summed E-state index contributed by atoms with van der Waals surface area (Å²) in [7, 11) is -11.0. The smallest absolute Gasteiger partial charge is 0.408 e. The van der Waals surface area contributed by atoms with Gasteiger partial charge in [0, 0.05) is 81.1 Å². The predicted molar refractivity (Wildman–Crippen MR) is 552 cm³/mol. The van der Waals surface area contributed by atoms with Gasteiger partial charge >= 0.3 is 24.2 Å². The maximum absolute atomic E-state index is 15.7. The minimum absolute atomic E-state index is 0.00348. The third-order valence-corrected chi connectivity index (χ3v) is 26.5. The Morgan fingerprint density at radius 1 is 0.413 bits per heavy atom. The third-order valence-electron chi connectivity index (χ3n) is 22.2. The highest BCUT2D eigenvalue weighted by molar-refractivity contribution is 7.99. The first-order valence-corrected chi connectivity index (χ1v) is 55.0. The average Bonchev–Trinajstić information content (AvgIpc) is 1.61. The summed E-state index contributed by atoms with van der Waals surface area (Å²) in [6.07, 6.45) is -6.12. The lowest BCUT2D eigenvalue weighted by Gasteiger charge is -2.29. The minimum atomic E-state index is -3.96. The number of primary amides is 1. The van der Waals surface area contributed by atoms with Crippen LogP contribution < -0.4 is 80.2 Å². The number of aliphatic hydroxyl groups is 3. The van der Waals surface area contributed by atoms with Crippen LogP contribution in [0.5, 0.6) is 0 Å². The second-order valence-electron chi connectivity index (χ2n) is 36.2. The lowest BCUT2D eigenvalue weighted by Crippen LogP contribution is -2.63. The quantitative estimate of drug-likeness (QED) is 0.00834. The Bertz CT molecular complexity index is 6090. The molecule has 0 bridgehead atoms. The number of nitrogens with two attached hydrogens (primary N) is 1. The zero-order valence-corrected chi connectivity index (χ0v) is 87.3. The highest BCUT2D eigenvalue weighted by Gasteiger charge is 2.40. The number of amides is 15. The molecule has 15 amide bonds. The van der Waals surface area contributed by atoms with E-state index in [9.17, 15) is 93.3 Å². The Balaban J connectivity index is 1.14. The first-order valence-electron chi connectivity index (χ1n) is 47.9. The van der Waals surface area contributed by atoms with E-state index in [2.05, 4.69) is 89.6 Å². The van der Waals surface area contributed by atoms with Gasteiger partial charge in [0.15, 0.2) is 29.5 Å². The maximum Gasteiger partial charge on any atom is 0.408 e. The average molecular weight is 2170 g/mol. The molecule has 0 spiro atoms. The summed E-state index contributed by atoms with van der Waals surface area (Å²) >= 11 is 0.914. The number of sulfone groups is 3. The number of aromatic nitrogens is 1. The Hall–Kier alpha value is -14.5. The molecule has 51 heteroatoms. The van der Waals surface area contributed by atoms with Gasteiger partial charge in [0.1, 0.15) is 91.9 Å². The number of ether oxygens (including phenoxy) is 4. The number of aromatic amines is 1. The number of nitrogens with zero attached hydrogens (tertiary/aromatic N) is 2. The van der Waals surface area contributed by atoms with Crippen molar-refractivity contribution in [2.75, 3.05) is 80.9 Å². The molecule has 0 unspecified atom stereocenters. The van der Waals surface area contributed by atoms with Crippen molar-refractivity contribution in [3.05, 3.63) is 204 Å². The molecular weight excluding hydrogens is 2030 g/mol. The van der Waals surface area contributed by atoms with Crippen LogP contribution in [0, 0.1) is 0 Å². The van der Waals surface area contributed by atoms with E-state index in [1.807, 2.05) is 6.07 Å². The standard InChI is InChI=1S/C99H132N18O29S4/c1-61(119)83(93(131)110-77(53-66-31-17-11-18-32-66)91(129)115-84(62(2)120)94(132)111-80(57-118)92(130)112-81(58-147-60-104-63(3)121)95(133)143-47-50-150(141,142)59-67-39-41-70(42-40-67)117-116-69-33-19-12-20-34-69)114-86(124)73(37-23-25-43-101-96(134)144-45-48-148(7,137)138)105-89(127)78(54-68-56-103-72-36-22-21-35-71(68)72)108-88(126)76(52-65-29-15-10-16-30-65)106-87(125)75(51-64-27-13-9-14-28-64)107-90(128)79(55-82(100)122)109-85(123)74(113-98(136)146-99(4,5)6)38-24-26-44-102-97(135)145-46-49-149(8,139)140/h9-22,27-36,39-42,56,61-62,73-81,83-84,103,118-120H,23-26,37-38,43-55,57-60H2,1-8H3,(H2,100,122)(H,101,134)(H,102,135)(H,104,121)(H,105,127)(H,106,125)(H,107,128)(H,108,126)(H,109,123)(H,110,131)(H,111,132)(H,112,130)(H,113,136)(H,114,124)(H,115,129)/t61-,62-,73+,74-,75+,76+,77+,78+,79+,80+,81+,83+,84+/m1/s1. The van der Waals surface area contributed by atoms with Gasteiger partial charge in [-0.3, -0.25) is 57.5 Å². The zero-order chi connectivity index (χ0) is 110. The number of para-hydroxylation sites is 1. The second-order valence-corrected chi connectivity index (χ2v) is 43.9. The zero-order valence-electron chi connectivity index (χ0n) is 84.1. The van der Waals surface area contributed by atoms with Crippen LogP contribution in [0.2, 0.25) is 0 Å². The number of aliphatic hydroxyl groups excluding tert-OH is 3. The molecule has 0 aliphatic carbocycles. The number of unbranched alkanes of at least 4 members (excludes halogenated alkanes) is 2. The van der Waals surface area contributed by atoms with E-state index in [4.69, 9.17) is 24.7 Å². The number of fused-ring (bicyclic) bond motifs is 1. The molecule has 6 aromatic carbocycles. The van der Waals surface area contributed by atoms with E-state index in [0.717, 1.165) is 38.1 Å². The molecule has 13 atom stereocenters. The van der Waals surface area contributed by atoms with Crippen molar-refractivity contribution in [3.8, 4) is 0 Å². The molecule has 47 nitrogen and oxygen atoms in total. The summed E-state index contributed by atoms with van der Waals surface area (Å²) in [6, 6.07) is 26.1. The third kappa shape index (κ3) is 46.5. The van der Waals surface area contributed by atoms with Crippen molar-refractivity contribution in [3.63, 3.8) is 0 Å². The molecule has 0 fully saturated rings. The fourth-order valence-electron chi connectivity index (χ4n) is 14.4. The molecule has 7 rings (SSSR count). The van der Waals surface area contributed by atoms with E-state index in [-0.39, 0.29) is 76.1 Å². The largest absolute Gasteiger partial charge is 0.463 e. The van der Waals surface area contributed by atoms with Crippen molar-refractivity contribution in [2.24, 2.45) is 16.0 Å². The summed E-state index contributed by atoms with van der Waals surface area (Å²) in [6.45, 7) is 4.95. The van der Waals surface area contributed by atoms with Gasteiger partial charge in [0.05, 0.1) is 65.5 Å². The molecule has 0 radical (unpaired) electrons. The molecule has 816 valence electrons. The van der Waals surface area contributed by atoms with Crippen LogP contribution in [0.1, 0.15) is 114 Å². The van der Waals surface area contributed by atoms with E-state index in [1.165, 1.54) is 19.1 Å². The topological polar surface area (TPSA) is 708 Å². The number of benzene rings is 6. The van der Waals surface area contributed by atoms with Crippen molar-refractivity contribution in [2.45, 2.75) is 202 Å². The van der Waals surface area contributed by atoms with Gasteiger partial charge in [-0.2, -0.15) is 10.2 Å². The van der Waals surface area contributed by atoms with Crippen LogP contribution in [-0.4, -0.2) is 306 Å². The second kappa shape index (κ2) is 61.4. The normalized spacial score (nSPS) is 14.2. The van der Waals surface area contributed by atoms with E-state index >= 15 is 24.0 Å². The van der Waals surface area contributed by atoms with Crippen LogP contribution in [0.25, 0.3) is 10.9 Å². The van der Waals surface area contributed by atoms with Crippen LogP contribution in [0.4, 0.5) is 25.8 Å². The van der Waals surface area contributed by atoms with Gasteiger partial charge in [-0.05, 0) is 131 Å². The van der Waals surface area contributed by atoms with Crippen LogP contribution in [0.15, 0.2) is 186 Å². The van der Waals surface area contributed by atoms with Gasteiger partial charge < -0.3 is 119 Å². The van der Waals surface area contributed by atoms with Crippen molar-refractivity contribution in [1.29, 1.82) is 0 Å². The van der Waals surface area contributed by atoms with Crippen molar-refractivity contribution < 1.29 is 136 Å². The molecule has 0 aliphatic rings. The number of esters is 1. The first-order chi connectivity index (χ1) is 71.0. The van der Waals surface area contributed by atoms with Crippen LogP contribution in [-0.2, 0) is 142 Å². The molecule has 20 N–H and O–H groups in total. The molecular formula is C99H132N18O29S4. The Labute approximate surface area is 872 Å². The summed E-state index contributed by atoms with van der Waals surface area (Å²) in [5, 5.41) is 77.2. The molecule has 7 aromatic rings. The molecule has 1 heterocycles. The van der Waals surface area contributed by atoms with E-state index < -0.39 is 278 Å². The van der Waals surface area contributed by atoms with Crippen LogP contribution in [0.3, 0.4) is 0 Å². The number of hydrogen-bond donors (Lipinski definition) is 19. The van der Waals surface area contributed by atoms with Gasteiger partial charge in [-0.15, -0.1) is 11.8 Å². The van der Waals surface area contributed by atoms with Gasteiger partial charge in [-0.25, -0.2) is 44.4 Å². The number of azo groups is 1. The number of alkyl carbamates (subject to hydrolysis) is 3. The van der Waals surface area contributed by atoms with Gasteiger partial charge in [-0.1, -0.05) is 140 Å². The van der Waals surface area contributed by atoms with Gasteiger partial charge in [0.25, 0.3) is 0 Å². The lowest BCUT2D eigenvalue weighted by molar-refractivity contribution is -0.147. The predicted octanol–water partition coefficient (Wildman–Crippen LogP) is 1.09. The fourth-order valence-corrected chi connectivity index (χ4v) is 17.3. The summed E-state index contributed by atoms with van der Waals surface area (Å²) in [4.78, 5) is 229. The number of H-pyrrole nitrogens is 1. The van der Waals surface area contributed by atoms with Gasteiger partial charge in [0.2, 0.25) is 70.9 Å². The monoisotopic (exact) mass is 2160 g/mol. The summed E-state index contributed by atoms with van der Waals surface area (Å²) in [5.41, 5.74) is 8.19. The molecule has 0 aliphatic heterocycles. The first kappa shape index (κ1) is 122. The highest BCUT2D eigenvalue weighted by Crippen LogP contribution is 2.24. The molecule has 0 saturated heterocycles. The van der Waals surface area contributed by atoms with Crippen LogP contribution >= 0.6 is 11.8 Å². The number of nitrogens with one attached hydrogen (secondary N) is 15. The van der Waals surface area contributed by atoms with Crippen molar-refractivity contribution in [1.82, 2.24) is 79.4 Å². The van der Waals surface area contributed by atoms with E-state index in [1.54, 1.807) is 179 Å². The lowest BCUT2D eigenvalue weighted by atomic mass is 10.00. The molecule has 0 saturated carbocycles. The Kier molecular flexibility index (Phi) is 50.1. The highest BCUT2D eigenvalue weighted by atomic mass is 32.2. The number of thioether (sulfide) groups is 1. The summed E-state index contributed by atoms with van der Waals surface area (Å²) < 4.78 is 94.1. The summed E-state index contributed by atoms with van der Waals surface area (Å²) in [5.74, 6) is -17.0. The number of carbonyl (C=O) groups excluding carboxylic acids is 16.